The Morgan fingerprint density at radius 1 is 1.33 bits per heavy atom. The Morgan fingerprint density at radius 3 is 2.33 bits per heavy atom. The molecule has 0 aliphatic heterocycles. The number of carbonyl (C=O) groups excluding carboxylic acids is 1. The number of nitrogens with one attached hydrogen (secondary N) is 1. The molecule has 6 heteroatoms. The lowest BCUT2D eigenvalue weighted by molar-refractivity contribution is -0.110. The molecule has 0 aliphatic carbocycles. The fraction of sp³-hybridized carbons (Fsp3) is 0.417. The molecular formula is C12H16ClNO3S. The number of benzene rings is 1. The van der Waals surface area contributed by atoms with E-state index in [0.29, 0.717) is 17.7 Å². The Hall–Kier alpha value is -0.910. The van der Waals surface area contributed by atoms with Crippen LogP contribution >= 0.6 is 11.6 Å². The van der Waals surface area contributed by atoms with Crippen LogP contribution in [0.3, 0.4) is 0 Å². The minimum absolute atomic E-state index is 0.0513. The van der Waals surface area contributed by atoms with Crippen LogP contribution in [0.2, 0.25) is 5.02 Å². The van der Waals surface area contributed by atoms with E-state index >= 15 is 0 Å². The van der Waals surface area contributed by atoms with Gasteiger partial charge in [0, 0.05) is 5.02 Å². The largest absolute Gasteiger partial charge is 0.302 e. The number of halogens is 1. The summed E-state index contributed by atoms with van der Waals surface area (Å²) in [6.45, 7) is 3.72. The fourth-order valence-corrected chi connectivity index (χ4v) is 2.80. The molecule has 0 saturated carbocycles. The number of hydrogen-bond donors (Lipinski definition) is 1. The van der Waals surface area contributed by atoms with E-state index in [-0.39, 0.29) is 10.8 Å². The van der Waals surface area contributed by atoms with Gasteiger partial charge in [0.25, 0.3) is 0 Å². The molecule has 0 heterocycles. The Labute approximate surface area is 112 Å². The quantitative estimate of drug-likeness (QED) is 0.817. The van der Waals surface area contributed by atoms with Gasteiger partial charge in [-0.1, -0.05) is 31.9 Å². The monoisotopic (exact) mass is 289 g/mol. The average Bonchev–Trinajstić information content (AvgIpc) is 2.35. The van der Waals surface area contributed by atoms with E-state index in [0.717, 1.165) is 0 Å². The van der Waals surface area contributed by atoms with Crippen molar-refractivity contribution in [1.82, 2.24) is 4.72 Å². The third kappa shape index (κ3) is 3.80. The molecule has 0 radical (unpaired) electrons. The van der Waals surface area contributed by atoms with Gasteiger partial charge in [-0.05, 0) is 30.2 Å². The molecule has 2 atom stereocenters. The van der Waals surface area contributed by atoms with Crippen LogP contribution in [0.15, 0.2) is 29.2 Å². The number of sulfonamides is 1. The predicted molar refractivity (Wildman–Crippen MR) is 71.1 cm³/mol. The summed E-state index contributed by atoms with van der Waals surface area (Å²) < 4.78 is 26.4. The lowest BCUT2D eigenvalue weighted by atomic mass is 10.0. The van der Waals surface area contributed by atoms with Crippen LogP contribution < -0.4 is 4.72 Å². The van der Waals surface area contributed by atoms with Crippen molar-refractivity contribution in [2.24, 2.45) is 5.92 Å². The number of rotatable bonds is 6. The van der Waals surface area contributed by atoms with E-state index in [1.807, 2.05) is 13.8 Å². The zero-order valence-corrected chi connectivity index (χ0v) is 11.8. The molecule has 0 fully saturated rings. The van der Waals surface area contributed by atoms with Crippen LogP contribution in [-0.4, -0.2) is 20.7 Å². The normalized spacial score (nSPS) is 15.1. The summed E-state index contributed by atoms with van der Waals surface area (Å²) in [5.41, 5.74) is 0. The topological polar surface area (TPSA) is 63.2 Å². The highest BCUT2D eigenvalue weighted by atomic mass is 35.5. The number of carbonyl (C=O) groups is 1. The summed E-state index contributed by atoms with van der Waals surface area (Å²) in [7, 11) is -3.68. The van der Waals surface area contributed by atoms with Gasteiger partial charge in [-0.2, -0.15) is 0 Å². The van der Waals surface area contributed by atoms with Gasteiger partial charge in [-0.25, -0.2) is 13.1 Å². The van der Waals surface area contributed by atoms with E-state index in [4.69, 9.17) is 11.6 Å². The third-order valence-electron chi connectivity index (χ3n) is 2.82. The van der Waals surface area contributed by atoms with Crippen molar-refractivity contribution in [3.8, 4) is 0 Å². The zero-order valence-electron chi connectivity index (χ0n) is 10.3. The summed E-state index contributed by atoms with van der Waals surface area (Å²) in [5, 5.41) is 0.461. The fourth-order valence-electron chi connectivity index (χ4n) is 1.39. The molecule has 0 unspecified atom stereocenters. The molecule has 1 aromatic rings. The smallest absolute Gasteiger partial charge is 0.241 e. The summed E-state index contributed by atoms with van der Waals surface area (Å²) in [6.07, 6.45) is 1.34. The molecule has 0 aromatic heterocycles. The number of aldehydes is 1. The third-order valence-corrected chi connectivity index (χ3v) is 4.55. The van der Waals surface area contributed by atoms with Gasteiger partial charge >= 0.3 is 0 Å². The van der Waals surface area contributed by atoms with Crippen LogP contribution in [0.25, 0.3) is 0 Å². The molecule has 100 valence electrons. The second-order valence-electron chi connectivity index (χ2n) is 4.12. The highest BCUT2D eigenvalue weighted by Gasteiger charge is 2.23. The molecule has 1 N–H and O–H groups in total. The van der Waals surface area contributed by atoms with E-state index < -0.39 is 16.1 Å². The molecule has 1 aromatic carbocycles. The minimum atomic E-state index is -3.68. The van der Waals surface area contributed by atoms with E-state index in [1.165, 1.54) is 24.3 Å². The minimum Gasteiger partial charge on any atom is -0.302 e. The molecule has 0 spiro atoms. The Bertz CT molecular complexity index is 499. The van der Waals surface area contributed by atoms with Crippen molar-refractivity contribution in [3.63, 3.8) is 0 Å². The molecule has 0 saturated heterocycles. The lowest BCUT2D eigenvalue weighted by Crippen LogP contribution is -2.40. The summed E-state index contributed by atoms with van der Waals surface area (Å²) in [6, 6.07) is 5.09. The molecule has 1 rings (SSSR count). The summed E-state index contributed by atoms with van der Waals surface area (Å²) >= 11 is 5.70. The van der Waals surface area contributed by atoms with Crippen LogP contribution in [0.1, 0.15) is 20.3 Å². The summed E-state index contributed by atoms with van der Waals surface area (Å²) in [5.74, 6) is -0.0513. The molecule has 0 bridgehead atoms. The molecule has 18 heavy (non-hydrogen) atoms. The molecule has 4 nitrogen and oxygen atoms in total. The van der Waals surface area contributed by atoms with Crippen LogP contribution in [0.4, 0.5) is 0 Å². The average molecular weight is 290 g/mol. The first-order valence-electron chi connectivity index (χ1n) is 5.64. The van der Waals surface area contributed by atoms with Crippen molar-refractivity contribution < 1.29 is 13.2 Å². The van der Waals surface area contributed by atoms with E-state index in [1.54, 1.807) is 0 Å². The van der Waals surface area contributed by atoms with Gasteiger partial charge in [0.05, 0.1) is 10.9 Å². The van der Waals surface area contributed by atoms with E-state index in [9.17, 15) is 13.2 Å². The van der Waals surface area contributed by atoms with Gasteiger partial charge in [0.15, 0.2) is 0 Å². The van der Waals surface area contributed by atoms with Crippen LogP contribution in [0, 0.1) is 5.92 Å². The molecule has 0 amide bonds. The number of hydrogen-bond acceptors (Lipinski definition) is 3. The van der Waals surface area contributed by atoms with Gasteiger partial charge in [-0.3, -0.25) is 0 Å². The molecular weight excluding hydrogens is 274 g/mol. The first kappa shape index (κ1) is 15.1. The summed E-state index contributed by atoms with van der Waals surface area (Å²) in [4.78, 5) is 11.0. The van der Waals surface area contributed by atoms with Gasteiger partial charge < -0.3 is 4.79 Å². The van der Waals surface area contributed by atoms with Crippen LogP contribution in [-0.2, 0) is 14.8 Å². The Morgan fingerprint density at radius 2 is 1.89 bits per heavy atom. The van der Waals surface area contributed by atoms with E-state index in [2.05, 4.69) is 4.72 Å². The van der Waals surface area contributed by atoms with Gasteiger partial charge in [0.2, 0.25) is 10.0 Å². The second kappa shape index (κ2) is 6.31. The maximum absolute atomic E-state index is 12.0. The Kier molecular flexibility index (Phi) is 5.31. The SMILES string of the molecule is CC[C@H](C)[C@@H](C=O)NS(=O)(=O)c1ccc(Cl)cc1. The second-order valence-corrected chi connectivity index (χ2v) is 6.27. The van der Waals surface area contributed by atoms with Crippen molar-refractivity contribution in [3.05, 3.63) is 29.3 Å². The van der Waals surface area contributed by atoms with Crippen LogP contribution in [0.5, 0.6) is 0 Å². The Balaban J connectivity index is 2.93. The molecule has 0 aliphatic rings. The van der Waals surface area contributed by atoms with Gasteiger partial charge in [-0.15, -0.1) is 0 Å². The van der Waals surface area contributed by atoms with Crippen molar-refractivity contribution in [1.29, 1.82) is 0 Å². The first-order valence-corrected chi connectivity index (χ1v) is 7.50. The first-order chi connectivity index (χ1) is 8.40. The van der Waals surface area contributed by atoms with Crippen molar-refractivity contribution in [2.75, 3.05) is 0 Å². The van der Waals surface area contributed by atoms with Gasteiger partial charge in [0.1, 0.15) is 6.29 Å². The highest BCUT2D eigenvalue weighted by molar-refractivity contribution is 7.89. The van der Waals surface area contributed by atoms with Crippen molar-refractivity contribution in [2.45, 2.75) is 31.2 Å². The highest BCUT2D eigenvalue weighted by Crippen LogP contribution is 2.15. The standard InChI is InChI=1S/C12H16ClNO3S/c1-3-9(2)12(8-15)14-18(16,17)11-6-4-10(13)5-7-11/h4-9,12,14H,3H2,1-2H3/t9-,12+/m0/s1. The predicted octanol–water partition coefficient (Wildman–Crippen LogP) is 2.23. The van der Waals surface area contributed by atoms with Crippen molar-refractivity contribution >= 4 is 27.9 Å². The zero-order chi connectivity index (χ0) is 13.8. The maximum Gasteiger partial charge on any atom is 0.241 e. The lowest BCUT2D eigenvalue weighted by Gasteiger charge is -2.18. The maximum atomic E-state index is 12.0.